The van der Waals surface area contributed by atoms with Gasteiger partial charge < -0.3 is 0 Å². The topological polar surface area (TPSA) is 30.8 Å². The molecule has 0 saturated carbocycles. The average molecular weight is 472 g/mol. The molecule has 0 aliphatic carbocycles. The zero-order valence-electron chi connectivity index (χ0n) is 15.6. The number of hydrogen-bond donors (Lipinski definition) is 0. The fourth-order valence-corrected chi connectivity index (χ4v) is 3.98. The molecule has 0 spiro atoms. The molecule has 0 bridgehead atoms. The first-order valence-electron chi connectivity index (χ1n) is 8.85. The summed E-state index contributed by atoms with van der Waals surface area (Å²) in [4.78, 5) is 0. The van der Waals surface area contributed by atoms with Crippen LogP contribution in [-0.4, -0.2) is 12.3 Å². The van der Waals surface area contributed by atoms with E-state index in [1.807, 2.05) is 42.5 Å². The van der Waals surface area contributed by atoms with Crippen LogP contribution in [0.25, 0.3) is 0 Å². The minimum atomic E-state index is -0.757. The van der Waals surface area contributed by atoms with Crippen molar-refractivity contribution in [2.75, 3.05) is 6.61 Å². The van der Waals surface area contributed by atoms with Crippen LogP contribution in [-0.2, 0) is 9.67 Å². The van der Waals surface area contributed by atoms with Crippen LogP contribution in [0, 0.1) is 13.8 Å². The van der Waals surface area contributed by atoms with Crippen LogP contribution in [0.15, 0.2) is 82.1 Å². The normalized spacial score (nSPS) is 11.6. The molecule has 0 saturated heterocycles. The number of halogens is 1. The first-order chi connectivity index (χ1) is 13.2. The molecule has 3 nitrogen and oxygen atoms in total. The molecular weight excluding hydrogens is 449 g/mol. The second-order valence-electron chi connectivity index (χ2n) is 6.21. The van der Waals surface area contributed by atoms with Crippen LogP contribution in [0.5, 0.6) is 5.75 Å². The molecule has 0 aliphatic heterocycles. The van der Waals surface area contributed by atoms with Gasteiger partial charge in [-0.2, -0.15) is 0 Å². The molecule has 3 rings (SSSR count). The van der Waals surface area contributed by atoms with Crippen molar-refractivity contribution in [3.63, 3.8) is 0 Å². The number of rotatable bonds is 8. The number of para-hydroxylation sites is 1. The van der Waals surface area contributed by atoms with Gasteiger partial charge >= 0.3 is 173 Å². The Kier molecular flexibility index (Phi) is 7.42. The third-order valence-corrected chi connectivity index (χ3v) is 5.49. The van der Waals surface area contributed by atoms with Crippen molar-refractivity contribution in [2.24, 2.45) is 3.21 Å². The molecule has 0 unspecified atom stereocenters. The van der Waals surface area contributed by atoms with Crippen molar-refractivity contribution >= 4 is 5.71 Å². The van der Waals surface area contributed by atoms with Crippen molar-refractivity contribution in [3.8, 4) is 5.75 Å². The monoisotopic (exact) mass is 472 g/mol. The SMILES string of the molecule is Cc1cccc(C)c1OCC(=N[I-]OCc1ccccc1)c1ccccc1. The van der Waals surface area contributed by atoms with Gasteiger partial charge in [-0.25, -0.2) is 0 Å². The number of nitrogens with zero attached hydrogens (tertiary/aromatic N) is 1. The minimum absolute atomic E-state index is 0.435. The molecule has 0 aromatic heterocycles. The molecule has 0 N–H and O–H groups in total. The quantitative estimate of drug-likeness (QED) is 0.286. The summed E-state index contributed by atoms with van der Waals surface area (Å²) < 4.78 is 16.7. The third-order valence-electron chi connectivity index (χ3n) is 4.12. The summed E-state index contributed by atoms with van der Waals surface area (Å²) in [6.07, 6.45) is 0. The Balaban J connectivity index is 1.67. The summed E-state index contributed by atoms with van der Waals surface area (Å²) in [5.74, 6) is 0.935. The molecule has 3 aromatic carbocycles. The first-order valence-corrected chi connectivity index (χ1v) is 10.7. The van der Waals surface area contributed by atoms with E-state index >= 15 is 0 Å². The predicted molar refractivity (Wildman–Crippen MR) is 106 cm³/mol. The van der Waals surface area contributed by atoms with Gasteiger partial charge in [0, 0.05) is 0 Å². The van der Waals surface area contributed by atoms with Gasteiger partial charge in [0.25, 0.3) is 0 Å². The Hall–Kier alpha value is -2.18. The van der Waals surface area contributed by atoms with E-state index in [4.69, 9.17) is 11.0 Å². The molecule has 0 aliphatic rings. The molecule has 0 radical (unpaired) electrons. The summed E-state index contributed by atoms with van der Waals surface area (Å²) in [6.45, 7) is 5.16. The van der Waals surface area contributed by atoms with Gasteiger partial charge in [0.1, 0.15) is 0 Å². The van der Waals surface area contributed by atoms with E-state index in [1.165, 1.54) is 5.56 Å². The number of hydrogen-bond acceptors (Lipinski definition) is 3. The molecule has 3 aromatic rings. The van der Waals surface area contributed by atoms with E-state index in [1.54, 1.807) is 0 Å². The van der Waals surface area contributed by atoms with E-state index in [-0.39, 0.29) is 0 Å². The average Bonchev–Trinajstić information content (AvgIpc) is 2.70. The van der Waals surface area contributed by atoms with Gasteiger partial charge in [-0.1, -0.05) is 0 Å². The molecule has 4 heteroatoms. The van der Waals surface area contributed by atoms with E-state index < -0.39 is 21.9 Å². The fourth-order valence-electron chi connectivity index (χ4n) is 2.68. The van der Waals surface area contributed by atoms with Gasteiger partial charge in [0.2, 0.25) is 0 Å². The summed E-state index contributed by atoms with van der Waals surface area (Å²) in [5, 5.41) is 0. The second kappa shape index (κ2) is 10.2. The van der Waals surface area contributed by atoms with E-state index in [9.17, 15) is 0 Å². The second-order valence-corrected chi connectivity index (χ2v) is 7.71. The Morgan fingerprint density at radius 2 is 1.44 bits per heavy atom. The van der Waals surface area contributed by atoms with Crippen LogP contribution in [0.2, 0.25) is 0 Å². The molecule has 0 atom stereocenters. The molecule has 27 heavy (non-hydrogen) atoms. The fraction of sp³-hybridized carbons (Fsp3) is 0.174. The molecule has 0 fully saturated rings. The van der Waals surface area contributed by atoms with Crippen LogP contribution >= 0.6 is 0 Å². The maximum atomic E-state index is 6.13. The number of ether oxygens (including phenoxy) is 1. The van der Waals surface area contributed by atoms with Gasteiger partial charge in [0.05, 0.1) is 0 Å². The van der Waals surface area contributed by atoms with Crippen molar-refractivity contribution in [2.45, 2.75) is 20.5 Å². The Labute approximate surface area is 172 Å². The van der Waals surface area contributed by atoms with Gasteiger partial charge in [-0.3, -0.25) is 0 Å². The molecule has 0 heterocycles. The number of aryl methyl sites for hydroxylation is 2. The molecule has 140 valence electrons. The van der Waals surface area contributed by atoms with Gasteiger partial charge in [-0.15, -0.1) is 0 Å². The van der Waals surface area contributed by atoms with Crippen LogP contribution in [0.3, 0.4) is 0 Å². The zero-order valence-corrected chi connectivity index (χ0v) is 17.7. The molecule has 0 amide bonds. The summed E-state index contributed by atoms with van der Waals surface area (Å²) >= 11 is -0.757. The van der Waals surface area contributed by atoms with E-state index in [0.717, 1.165) is 28.2 Å². The zero-order chi connectivity index (χ0) is 18.9. The van der Waals surface area contributed by atoms with Crippen LogP contribution < -0.4 is 26.6 Å². The molecular formula is C23H23INO2-. The van der Waals surface area contributed by atoms with Gasteiger partial charge in [0.15, 0.2) is 0 Å². The van der Waals surface area contributed by atoms with Crippen molar-refractivity contribution in [1.29, 1.82) is 0 Å². The first kappa shape index (κ1) is 19.6. The maximum absolute atomic E-state index is 6.13. The van der Waals surface area contributed by atoms with Crippen molar-refractivity contribution in [3.05, 3.63) is 101 Å². The van der Waals surface area contributed by atoms with Crippen molar-refractivity contribution < 1.29 is 29.7 Å². The predicted octanol–water partition coefficient (Wildman–Crippen LogP) is 2.31. The summed E-state index contributed by atoms with van der Waals surface area (Å²) in [5.41, 5.74) is 5.45. The van der Waals surface area contributed by atoms with E-state index in [2.05, 4.69) is 50.2 Å². The van der Waals surface area contributed by atoms with Crippen LogP contribution in [0.4, 0.5) is 0 Å². The summed E-state index contributed by atoms with van der Waals surface area (Å²) in [6, 6.07) is 26.5. The third kappa shape index (κ3) is 5.91. The number of benzene rings is 3. The summed E-state index contributed by atoms with van der Waals surface area (Å²) in [7, 11) is 0. The van der Waals surface area contributed by atoms with Gasteiger partial charge in [-0.05, 0) is 0 Å². The van der Waals surface area contributed by atoms with Crippen molar-refractivity contribution in [1.82, 2.24) is 0 Å². The standard InChI is InChI=1S/C23H23INO2/c1-18-10-9-11-19(2)23(18)26-17-22(21-14-7-4-8-15-21)25-24-27-16-20-12-5-3-6-13-20/h3-15H,16-17H2,1-2H3/q-1. The Morgan fingerprint density at radius 1 is 0.815 bits per heavy atom. The van der Waals surface area contributed by atoms with Crippen LogP contribution in [0.1, 0.15) is 22.3 Å². The Bertz CT molecular complexity index is 859. The Morgan fingerprint density at radius 3 is 2.11 bits per heavy atom. The van der Waals surface area contributed by atoms with E-state index in [0.29, 0.717) is 13.2 Å².